The van der Waals surface area contributed by atoms with E-state index in [2.05, 4.69) is 35.1 Å². The molecule has 4 heteroatoms. The molecular formula is C14H19BrClNO. The van der Waals surface area contributed by atoms with Crippen LogP contribution in [0.25, 0.3) is 0 Å². The number of aryl methyl sites for hydroxylation is 1. The van der Waals surface area contributed by atoms with E-state index in [1.807, 2.05) is 25.1 Å². The van der Waals surface area contributed by atoms with Crippen LogP contribution in [0.4, 0.5) is 0 Å². The van der Waals surface area contributed by atoms with Gasteiger partial charge in [0.2, 0.25) is 0 Å². The van der Waals surface area contributed by atoms with Crippen molar-refractivity contribution in [2.45, 2.75) is 27.2 Å². The van der Waals surface area contributed by atoms with Crippen LogP contribution >= 0.6 is 27.5 Å². The van der Waals surface area contributed by atoms with Gasteiger partial charge in [-0.15, -0.1) is 11.6 Å². The van der Waals surface area contributed by atoms with Crippen molar-refractivity contribution in [2.75, 3.05) is 12.4 Å². The normalized spacial score (nSPS) is 11.4. The van der Waals surface area contributed by atoms with Crippen LogP contribution in [0.5, 0.6) is 0 Å². The highest BCUT2D eigenvalue weighted by Crippen LogP contribution is 2.20. The summed E-state index contributed by atoms with van der Waals surface area (Å²) in [6, 6.07) is 5.60. The van der Waals surface area contributed by atoms with Crippen molar-refractivity contribution in [2.24, 2.45) is 5.41 Å². The molecule has 0 radical (unpaired) electrons. The molecule has 0 atom stereocenters. The van der Waals surface area contributed by atoms with Crippen LogP contribution < -0.4 is 5.32 Å². The number of alkyl halides is 1. The number of carbonyl (C=O) groups excluding carboxylic acids is 1. The lowest BCUT2D eigenvalue weighted by Crippen LogP contribution is -2.34. The first-order valence-corrected chi connectivity index (χ1v) is 7.29. The van der Waals surface area contributed by atoms with Gasteiger partial charge in [-0.2, -0.15) is 0 Å². The number of halogens is 2. The third-order valence-electron chi connectivity index (χ3n) is 2.92. The third kappa shape index (κ3) is 4.62. The van der Waals surface area contributed by atoms with Crippen LogP contribution in [0.3, 0.4) is 0 Å². The largest absolute Gasteiger partial charge is 0.352 e. The molecule has 2 nitrogen and oxygen atoms in total. The Bertz CT molecular complexity index is 432. The maximum atomic E-state index is 12.0. The Hall–Kier alpha value is -0.540. The Morgan fingerprint density at radius 3 is 2.67 bits per heavy atom. The number of nitrogens with one attached hydrogen (secondary N) is 1. The Labute approximate surface area is 122 Å². The van der Waals surface area contributed by atoms with E-state index in [4.69, 9.17) is 11.6 Å². The minimum Gasteiger partial charge on any atom is -0.352 e. The van der Waals surface area contributed by atoms with Gasteiger partial charge in [0.1, 0.15) is 0 Å². The second-order valence-corrected chi connectivity index (χ2v) is 6.48. The van der Waals surface area contributed by atoms with Gasteiger partial charge < -0.3 is 5.32 Å². The van der Waals surface area contributed by atoms with Crippen molar-refractivity contribution < 1.29 is 4.79 Å². The fourth-order valence-corrected chi connectivity index (χ4v) is 2.31. The fourth-order valence-electron chi connectivity index (χ4n) is 1.55. The average Bonchev–Trinajstić information content (AvgIpc) is 2.30. The fraction of sp³-hybridized carbons (Fsp3) is 0.500. The monoisotopic (exact) mass is 331 g/mol. The lowest BCUT2D eigenvalue weighted by atomic mass is 9.90. The Kier molecular flexibility index (Phi) is 5.67. The maximum absolute atomic E-state index is 12.0. The van der Waals surface area contributed by atoms with Gasteiger partial charge in [-0.25, -0.2) is 0 Å². The summed E-state index contributed by atoms with van der Waals surface area (Å²) < 4.78 is 1.02. The van der Waals surface area contributed by atoms with Crippen LogP contribution in [0.1, 0.15) is 36.2 Å². The highest BCUT2D eigenvalue weighted by atomic mass is 79.9. The molecule has 0 aromatic heterocycles. The number of hydrogen-bond donors (Lipinski definition) is 1. The zero-order valence-electron chi connectivity index (χ0n) is 11.0. The smallest absolute Gasteiger partial charge is 0.251 e. The van der Waals surface area contributed by atoms with Gasteiger partial charge in [0.05, 0.1) is 0 Å². The molecule has 0 fully saturated rings. The van der Waals surface area contributed by atoms with Crippen molar-refractivity contribution in [3.8, 4) is 0 Å². The molecule has 1 aromatic rings. The average molecular weight is 333 g/mol. The molecule has 0 aliphatic heterocycles. The first-order valence-electron chi connectivity index (χ1n) is 5.96. The van der Waals surface area contributed by atoms with Crippen LogP contribution in [-0.2, 0) is 0 Å². The van der Waals surface area contributed by atoms with E-state index < -0.39 is 0 Å². The zero-order chi connectivity index (χ0) is 13.8. The van der Waals surface area contributed by atoms with Crippen molar-refractivity contribution in [3.63, 3.8) is 0 Å². The van der Waals surface area contributed by atoms with E-state index in [-0.39, 0.29) is 11.3 Å². The molecule has 0 aliphatic rings. The maximum Gasteiger partial charge on any atom is 0.251 e. The van der Waals surface area contributed by atoms with Gasteiger partial charge in [0, 0.05) is 22.5 Å². The standard InChI is InChI=1S/C14H19BrClNO/c1-10-8-11(4-5-12(10)15)13(18)17-9-14(2,3)6-7-16/h4-5,8H,6-7,9H2,1-3H3,(H,17,18). The Morgan fingerprint density at radius 2 is 2.11 bits per heavy atom. The molecule has 0 bridgehead atoms. The molecule has 1 aromatic carbocycles. The summed E-state index contributed by atoms with van der Waals surface area (Å²) in [4.78, 5) is 12.0. The minimum atomic E-state index is -0.0340. The summed E-state index contributed by atoms with van der Waals surface area (Å²) in [5.41, 5.74) is 1.78. The van der Waals surface area contributed by atoms with E-state index in [1.54, 1.807) is 0 Å². The van der Waals surface area contributed by atoms with E-state index in [0.29, 0.717) is 18.0 Å². The summed E-state index contributed by atoms with van der Waals surface area (Å²) in [6.07, 6.45) is 0.883. The molecule has 18 heavy (non-hydrogen) atoms. The molecule has 0 unspecified atom stereocenters. The topological polar surface area (TPSA) is 29.1 Å². The van der Waals surface area contributed by atoms with Gasteiger partial charge in [0.15, 0.2) is 0 Å². The summed E-state index contributed by atoms with van der Waals surface area (Å²) in [6.45, 7) is 6.80. The van der Waals surface area contributed by atoms with Gasteiger partial charge in [-0.05, 0) is 42.5 Å². The van der Waals surface area contributed by atoms with Crippen LogP contribution in [0.2, 0.25) is 0 Å². The van der Waals surface area contributed by atoms with Crippen LogP contribution in [0, 0.1) is 12.3 Å². The molecule has 1 rings (SSSR count). The van der Waals surface area contributed by atoms with Crippen LogP contribution in [0.15, 0.2) is 22.7 Å². The first-order chi connectivity index (χ1) is 8.35. The molecular weight excluding hydrogens is 314 g/mol. The highest BCUT2D eigenvalue weighted by Gasteiger charge is 2.18. The lowest BCUT2D eigenvalue weighted by Gasteiger charge is -2.23. The number of amides is 1. The second-order valence-electron chi connectivity index (χ2n) is 5.25. The van der Waals surface area contributed by atoms with Crippen LogP contribution in [-0.4, -0.2) is 18.3 Å². The SMILES string of the molecule is Cc1cc(C(=O)NCC(C)(C)CCCl)ccc1Br. The van der Waals surface area contributed by atoms with Gasteiger partial charge in [-0.3, -0.25) is 4.79 Å². The Morgan fingerprint density at radius 1 is 1.44 bits per heavy atom. The summed E-state index contributed by atoms with van der Waals surface area (Å²) >= 11 is 9.16. The Balaban J connectivity index is 2.63. The van der Waals surface area contributed by atoms with E-state index in [0.717, 1.165) is 16.5 Å². The summed E-state index contributed by atoms with van der Waals surface area (Å²) in [5, 5.41) is 2.96. The summed E-state index contributed by atoms with van der Waals surface area (Å²) in [5.74, 6) is 0.577. The molecule has 0 spiro atoms. The molecule has 0 saturated carbocycles. The quantitative estimate of drug-likeness (QED) is 0.807. The van der Waals surface area contributed by atoms with Gasteiger partial charge in [-0.1, -0.05) is 29.8 Å². The second kappa shape index (κ2) is 6.58. The number of rotatable bonds is 5. The van der Waals surface area contributed by atoms with Crippen molar-refractivity contribution in [1.82, 2.24) is 5.32 Å². The predicted molar refractivity (Wildman–Crippen MR) is 80.3 cm³/mol. The van der Waals surface area contributed by atoms with Gasteiger partial charge >= 0.3 is 0 Å². The number of hydrogen-bond acceptors (Lipinski definition) is 1. The van der Waals surface area contributed by atoms with E-state index in [9.17, 15) is 4.79 Å². The number of carbonyl (C=O) groups is 1. The molecule has 0 aliphatic carbocycles. The van der Waals surface area contributed by atoms with Gasteiger partial charge in [0.25, 0.3) is 5.91 Å². The number of benzene rings is 1. The third-order valence-corrected chi connectivity index (χ3v) is 4.00. The minimum absolute atomic E-state index is 0.0296. The molecule has 0 heterocycles. The lowest BCUT2D eigenvalue weighted by molar-refractivity contribution is 0.0935. The molecule has 0 saturated heterocycles. The van der Waals surface area contributed by atoms with Crippen molar-refractivity contribution in [3.05, 3.63) is 33.8 Å². The molecule has 1 amide bonds. The van der Waals surface area contributed by atoms with E-state index >= 15 is 0 Å². The first kappa shape index (κ1) is 15.5. The predicted octanol–water partition coefficient (Wildman–Crippen LogP) is 4.14. The van der Waals surface area contributed by atoms with Crippen molar-refractivity contribution >= 4 is 33.4 Å². The zero-order valence-corrected chi connectivity index (χ0v) is 13.4. The molecule has 1 N–H and O–H groups in total. The van der Waals surface area contributed by atoms with Crippen molar-refractivity contribution in [1.29, 1.82) is 0 Å². The van der Waals surface area contributed by atoms with E-state index in [1.165, 1.54) is 0 Å². The molecule has 100 valence electrons. The highest BCUT2D eigenvalue weighted by molar-refractivity contribution is 9.10. The summed E-state index contributed by atoms with van der Waals surface area (Å²) in [7, 11) is 0.